The minimum Gasteiger partial charge on any atom is -0.348 e. The summed E-state index contributed by atoms with van der Waals surface area (Å²) in [5.41, 5.74) is 2.20. The van der Waals surface area contributed by atoms with Gasteiger partial charge in [-0.3, -0.25) is 14.5 Å². The highest BCUT2D eigenvalue weighted by atomic mass is 32.1. The van der Waals surface area contributed by atoms with E-state index in [1.54, 1.807) is 43.6 Å². The number of rotatable bonds is 7. The van der Waals surface area contributed by atoms with Gasteiger partial charge in [-0.15, -0.1) is 11.3 Å². The Morgan fingerprint density at radius 2 is 1.73 bits per heavy atom. The normalized spacial score (nSPS) is 11.9. The molecule has 8 heteroatoms. The van der Waals surface area contributed by atoms with Gasteiger partial charge in [-0.2, -0.15) is 0 Å². The van der Waals surface area contributed by atoms with Gasteiger partial charge in [-0.05, 0) is 36.9 Å². The Hall–Kier alpha value is -3.10. The summed E-state index contributed by atoms with van der Waals surface area (Å²) in [6, 6.07) is 14.7. The first-order valence-corrected chi connectivity index (χ1v) is 10.2. The van der Waals surface area contributed by atoms with E-state index in [1.807, 2.05) is 30.3 Å². The van der Waals surface area contributed by atoms with E-state index in [-0.39, 0.29) is 24.2 Å². The van der Waals surface area contributed by atoms with Gasteiger partial charge in [0.15, 0.2) is 5.13 Å². The van der Waals surface area contributed by atoms with E-state index < -0.39 is 6.04 Å². The average molecular weight is 427 g/mol. The molecule has 1 aromatic heterocycles. The Labute approximate surface area is 179 Å². The van der Waals surface area contributed by atoms with Crippen molar-refractivity contribution in [1.82, 2.24) is 14.8 Å². The zero-order valence-corrected chi connectivity index (χ0v) is 17.8. The molecule has 3 aromatic rings. The maximum absolute atomic E-state index is 13.1. The molecule has 2 amide bonds. The molecule has 0 unspecified atom stereocenters. The molecule has 0 aliphatic heterocycles. The molecule has 156 valence electrons. The van der Waals surface area contributed by atoms with Gasteiger partial charge in [0.25, 0.3) is 0 Å². The Morgan fingerprint density at radius 1 is 1.07 bits per heavy atom. The summed E-state index contributed by atoms with van der Waals surface area (Å²) < 4.78 is 13.1. The minimum absolute atomic E-state index is 0.0959. The highest BCUT2D eigenvalue weighted by Gasteiger charge is 2.27. The highest BCUT2D eigenvalue weighted by Crippen LogP contribution is 2.27. The second kappa shape index (κ2) is 9.60. The van der Waals surface area contributed by atoms with Crippen molar-refractivity contribution in [3.05, 3.63) is 71.4 Å². The largest absolute Gasteiger partial charge is 0.348 e. The van der Waals surface area contributed by atoms with Crippen LogP contribution in [0.3, 0.4) is 0 Å². The molecule has 0 saturated carbocycles. The number of likely N-dealkylation sites (N-methyl/N-ethyl adjacent to an activating group) is 2. The van der Waals surface area contributed by atoms with Gasteiger partial charge in [0.2, 0.25) is 11.8 Å². The van der Waals surface area contributed by atoms with Crippen molar-refractivity contribution < 1.29 is 14.0 Å². The summed E-state index contributed by atoms with van der Waals surface area (Å²) in [5.74, 6) is -0.696. The predicted molar refractivity (Wildman–Crippen MR) is 117 cm³/mol. The van der Waals surface area contributed by atoms with Crippen LogP contribution in [-0.4, -0.2) is 54.3 Å². The van der Waals surface area contributed by atoms with Gasteiger partial charge in [0.1, 0.15) is 11.9 Å². The summed E-state index contributed by atoms with van der Waals surface area (Å²) in [7, 11) is 5.10. The molecule has 1 atom stereocenters. The second-order valence-corrected chi connectivity index (χ2v) is 7.91. The number of benzene rings is 2. The van der Waals surface area contributed by atoms with Crippen molar-refractivity contribution in [3.63, 3.8) is 0 Å². The molecule has 2 aromatic carbocycles. The maximum Gasteiger partial charge on any atom is 0.248 e. The van der Waals surface area contributed by atoms with Crippen LogP contribution >= 0.6 is 11.3 Å². The fourth-order valence-electron chi connectivity index (χ4n) is 2.95. The number of hydrogen-bond donors (Lipinski definition) is 1. The molecule has 0 spiro atoms. The lowest BCUT2D eigenvalue weighted by atomic mass is 10.0. The van der Waals surface area contributed by atoms with Crippen LogP contribution in [-0.2, 0) is 9.59 Å². The Balaban J connectivity index is 1.80. The summed E-state index contributed by atoms with van der Waals surface area (Å²) in [6.45, 7) is 0.0959. The molecule has 6 nitrogen and oxygen atoms in total. The van der Waals surface area contributed by atoms with Crippen LogP contribution in [0, 0.1) is 5.82 Å². The first kappa shape index (κ1) is 21.6. The molecular weight excluding hydrogens is 403 g/mol. The number of thiazole rings is 1. The van der Waals surface area contributed by atoms with Crippen LogP contribution in [0.5, 0.6) is 0 Å². The van der Waals surface area contributed by atoms with Crippen LogP contribution < -0.4 is 5.32 Å². The molecular formula is C22H23FN4O2S. The second-order valence-electron chi connectivity index (χ2n) is 7.05. The van der Waals surface area contributed by atoms with Crippen molar-refractivity contribution >= 4 is 28.3 Å². The number of carbonyl (C=O) groups is 2. The van der Waals surface area contributed by atoms with Crippen molar-refractivity contribution in [3.8, 4) is 11.3 Å². The molecule has 0 saturated heterocycles. The number of anilines is 1. The van der Waals surface area contributed by atoms with Crippen molar-refractivity contribution in [2.75, 3.05) is 33.0 Å². The van der Waals surface area contributed by atoms with E-state index in [0.29, 0.717) is 10.8 Å². The number of hydrogen-bond acceptors (Lipinski definition) is 5. The molecule has 0 radical (unpaired) electrons. The van der Waals surface area contributed by atoms with Gasteiger partial charge >= 0.3 is 0 Å². The van der Waals surface area contributed by atoms with Gasteiger partial charge in [0, 0.05) is 25.0 Å². The van der Waals surface area contributed by atoms with Gasteiger partial charge in [0.05, 0.1) is 12.2 Å². The summed E-state index contributed by atoms with van der Waals surface area (Å²) in [6.07, 6.45) is 0. The third-order valence-corrected chi connectivity index (χ3v) is 5.32. The zero-order chi connectivity index (χ0) is 21.7. The average Bonchev–Trinajstić information content (AvgIpc) is 3.17. The van der Waals surface area contributed by atoms with Crippen LogP contribution in [0.15, 0.2) is 60.0 Å². The number of nitrogens with zero attached hydrogens (tertiary/aromatic N) is 3. The van der Waals surface area contributed by atoms with Gasteiger partial charge in [-0.1, -0.05) is 30.3 Å². The standard InChI is InChI=1S/C22H23FN4O2S/c1-26(2)19(28)13-27(3)20(16-7-5-4-6-8-16)21(29)25-22-24-18(14-30-22)15-9-11-17(23)12-10-15/h4-12,14,20H,13H2,1-3H3,(H,24,25,29)/t20-/m0/s1. The summed E-state index contributed by atoms with van der Waals surface area (Å²) in [5, 5.41) is 5.10. The third kappa shape index (κ3) is 5.28. The minimum atomic E-state index is -0.659. The number of carbonyl (C=O) groups excluding carboxylic acids is 2. The molecule has 30 heavy (non-hydrogen) atoms. The molecule has 1 heterocycles. The fourth-order valence-corrected chi connectivity index (χ4v) is 3.67. The van der Waals surface area contributed by atoms with Gasteiger partial charge in [-0.25, -0.2) is 9.37 Å². The molecule has 3 rings (SSSR count). The Morgan fingerprint density at radius 3 is 2.37 bits per heavy atom. The number of amides is 2. The van der Waals surface area contributed by atoms with Crippen LogP contribution in [0.1, 0.15) is 11.6 Å². The first-order chi connectivity index (χ1) is 14.3. The Bertz CT molecular complexity index is 1010. The molecule has 1 N–H and O–H groups in total. The van der Waals surface area contributed by atoms with Crippen molar-refractivity contribution in [1.29, 1.82) is 0 Å². The maximum atomic E-state index is 13.1. The van der Waals surface area contributed by atoms with Gasteiger partial charge < -0.3 is 10.2 Å². The van der Waals surface area contributed by atoms with E-state index in [1.165, 1.54) is 28.4 Å². The molecule has 0 bridgehead atoms. The summed E-state index contributed by atoms with van der Waals surface area (Å²) >= 11 is 1.29. The van der Waals surface area contributed by atoms with E-state index in [2.05, 4.69) is 10.3 Å². The number of halogens is 1. The van der Waals surface area contributed by atoms with E-state index in [4.69, 9.17) is 0 Å². The molecule has 0 fully saturated rings. The van der Waals surface area contributed by atoms with Crippen molar-refractivity contribution in [2.24, 2.45) is 0 Å². The zero-order valence-electron chi connectivity index (χ0n) is 17.0. The first-order valence-electron chi connectivity index (χ1n) is 9.33. The monoisotopic (exact) mass is 426 g/mol. The lowest BCUT2D eigenvalue weighted by molar-refractivity contribution is -0.131. The SMILES string of the molecule is CN(C)C(=O)CN(C)[C@H](C(=O)Nc1nc(-c2ccc(F)cc2)cs1)c1ccccc1. The molecule has 0 aliphatic rings. The predicted octanol–water partition coefficient (Wildman–Crippen LogP) is 3.65. The van der Waals surface area contributed by atoms with Crippen molar-refractivity contribution in [2.45, 2.75) is 6.04 Å². The smallest absolute Gasteiger partial charge is 0.248 e. The number of nitrogens with one attached hydrogen (secondary N) is 1. The highest BCUT2D eigenvalue weighted by molar-refractivity contribution is 7.14. The fraction of sp³-hybridized carbons (Fsp3) is 0.227. The lowest BCUT2D eigenvalue weighted by Crippen LogP contribution is -2.41. The van der Waals surface area contributed by atoms with E-state index >= 15 is 0 Å². The quantitative estimate of drug-likeness (QED) is 0.626. The molecule has 0 aliphatic carbocycles. The topological polar surface area (TPSA) is 65.5 Å². The van der Waals surface area contributed by atoms with E-state index in [0.717, 1.165) is 11.1 Å². The van der Waals surface area contributed by atoms with Crippen LogP contribution in [0.4, 0.5) is 9.52 Å². The lowest BCUT2D eigenvalue weighted by Gasteiger charge is -2.27. The summed E-state index contributed by atoms with van der Waals surface area (Å²) in [4.78, 5) is 33.0. The Kier molecular flexibility index (Phi) is 6.91. The third-order valence-electron chi connectivity index (χ3n) is 4.56. The van der Waals surface area contributed by atoms with Crippen LogP contribution in [0.2, 0.25) is 0 Å². The number of aromatic nitrogens is 1. The van der Waals surface area contributed by atoms with Crippen LogP contribution in [0.25, 0.3) is 11.3 Å². The van der Waals surface area contributed by atoms with E-state index in [9.17, 15) is 14.0 Å².